The van der Waals surface area contributed by atoms with Crippen LogP contribution in [0.2, 0.25) is 0 Å². The van der Waals surface area contributed by atoms with Crippen LogP contribution in [0.1, 0.15) is 6.42 Å². The first-order valence-corrected chi connectivity index (χ1v) is 8.20. The van der Waals surface area contributed by atoms with Gasteiger partial charge in [0, 0.05) is 31.7 Å². The Balaban J connectivity index is 1.86. The summed E-state index contributed by atoms with van der Waals surface area (Å²) in [6, 6.07) is 3.61. The largest absolute Gasteiger partial charge is 0.368 e. The first-order chi connectivity index (χ1) is 9.18. The Bertz CT molecular complexity index is 660. The van der Waals surface area contributed by atoms with E-state index in [0.29, 0.717) is 6.54 Å². The molecule has 3 rings (SSSR count). The van der Waals surface area contributed by atoms with Crippen molar-refractivity contribution in [1.82, 2.24) is 0 Å². The van der Waals surface area contributed by atoms with E-state index >= 15 is 0 Å². The maximum absolute atomic E-state index is 14.0. The summed E-state index contributed by atoms with van der Waals surface area (Å²) in [5.41, 5.74) is 0.197. The van der Waals surface area contributed by atoms with Crippen molar-refractivity contribution in [3.05, 3.63) is 24.0 Å². The Hall–Kier alpha value is -1.24. The van der Waals surface area contributed by atoms with Gasteiger partial charge in [-0.25, -0.2) is 21.6 Å². The standard InChI is InChI=1S/C13H14F3NO2S/c1-20(18,19)9-2-3-12(11(14)4-9)17-6-8-5-13(15,16)10(8)7-17/h2-4,8,10H,5-7H2,1H3. The van der Waals surface area contributed by atoms with Crippen molar-refractivity contribution in [1.29, 1.82) is 0 Å². The smallest absolute Gasteiger partial charge is 0.253 e. The summed E-state index contributed by atoms with van der Waals surface area (Å²) in [5.74, 6) is -4.14. The van der Waals surface area contributed by atoms with Gasteiger partial charge >= 0.3 is 0 Å². The van der Waals surface area contributed by atoms with E-state index in [1.807, 2.05) is 0 Å². The number of nitrogens with zero attached hydrogens (tertiary/aromatic N) is 1. The Morgan fingerprint density at radius 3 is 2.50 bits per heavy atom. The second kappa shape index (κ2) is 4.13. The molecule has 110 valence electrons. The third-order valence-electron chi connectivity index (χ3n) is 4.21. The number of hydrogen-bond donors (Lipinski definition) is 0. The molecule has 1 aromatic carbocycles. The van der Waals surface area contributed by atoms with Crippen LogP contribution < -0.4 is 4.90 Å². The van der Waals surface area contributed by atoms with Crippen LogP contribution in [0.15, 0.2) is 23.1 Å². The zero-order valence-corrected chi connectivity index (χ0v) is 11.6. The van der Waals surface area contributed by atoms with Crippen LogP contribution in [-0.2, 0) is 9.84 Å². The van der Waals surface area contributed by atoms with E-state index in [2.05, 4.69) is 0 Å². The predicted octanol–water partition coefficient (Wildman–Crippen LogP) is 2.32. The average Bonchev–Trinajstić information content (AvgIpc) is 2.67. The Morgan fingerprint density at radius 2 is 2.00 bits per heavy atom. The molecule has 0 N–H and O–H groups in total. The molecule has 7 heteroatoms. The normalized spacial score (nSPS) is 28.1. The third-order valence-corrected chi connectivity index (χ3v) is 5.32. The third kappa shape index (κ3) is 2.08. The van der Waals surface area contributed by atoms with Crippen LogP contribution in [-0.4, -0.2) is 33.7 Å². The van der Waals surface area contributed by atoms with E-state index in [4.69, 9.17) is 0 Å². The number of sulfone groups is 1. The molecule has 1 heterocycles. The van der Waals surface area contributed by atoms with Gasteiger partial charge in [-0.2, -0.15) is 0 Å². The van der Waals surface area contributed by atoms with Gasteiger partial charge in [0.25, 0.3) is 5.92 Å². The summed E-state index contributed by atoms with van der Waals surface area (Å²) in [6.07, 6.45) is 0.856. The fourth-order valence-electron chi connectivity index (χ4n) is 3.07. The average molecular weight is 305 g/mol. The molecular weight excluding hydrogens is 291 g/mol. The highest BCUT2D eigenvalue weighted by atomic mass is 32.2. The van der Waals surface area contributed by atoms with Gasteiger partial charge in [-0.15, -0.1) is 0 Å². The molecule has 1 saturated carbocycles. The molecule has 2 fully saturated rings. The number of fused-ring (bicyclic) bond motifs is 1. The van der Waals surface area contributed by atoms with Crippen molar-refractivity contribution in [3.8, 4) is 0 Å². The van der Waals surface area contributed by atoms with E-state index in [0.717, 1.165) is 12.3 Å². The molecule has 1 aliphatic heterocycles. The Morgan fingerprint density at radius 1 is 1.30 bits per heavy atom. The first kappa shape index (κ1) is 13.7. The SMILES string of the molecule is CS(=O)(=O)c1ccc(N2CC3CC(F)(F)C3C2)c(F)c1. The second-order valence-corrected chi connectivity index (χ2v) is 7.64. The number of anilines is 1. The van der Waals surface area contributed by atoms with Gasteiger partial charge in [0.15, 0.2) is 9.84 Å². The Kier molecular flexibility index (Phi) is 2.83. The summed E-state index contributed by atoms with van der Waals surface area (Å²) in [5, 5.41) is 0. The number of rotatable bonds is 2. The maximum Gasteiger partial charge on any atom is 0.253 e. The number of alkyl halides is 2. The number of hydrogen-bond acceptors (Lipinski definition) is 3. The van der Waals surface area contributed by atoms with Crippen LogP contribution in [0.4, 0.5) is 18.9 Å². The highest BCUT2D eigenvalue weighted by Gasteiger charge is 2.59. The van der Waals surface area contributed by atoms with E-state index < -0.39 is 27.5 Å². The lowest BCUT2D eigenvalue weighted by Crippen LogP contribution is -2.46. The highest BCUT2D eigenvalue weighted by molar-refractivity contribution is 7.90. The number of benzene rings is 1. The molecule has 2 aliphatic rings. The number of halogens is 3. The Labute approximate surface area is 115 Å². The van der Waals surface area contributed by atoms with Gasteiger partial charge < -0.3 is 4.90 Å². The molecule has 0 spiro atoms. The molecule has 0 aromatic heterocycles. The monoisotopic (exact) mass is 305 g/mol. The van der Waals surface area contributed by atoms with Crippen molar-refractivity contribution in [2.75, 3.05) is 24.2 Å². The summed E-state index contributed by atoms with van der Waals surface area (Å²) in [7, 11) is -3.47. The lowest BCUT2D eigenvalue weighted by Gasteiger charge is -2.38. The molecule has 0 radical (unpaired) electrons. The fraction of sp³-hybridized carbons (Fsp3) is 0.538. The van der Waals surface area contributed by atoms with Gasteiger partial charge in [-0.3, -0.25) is 0 Å². The van der Waals surface area contributed by atoms with Crippen LogP contribution in [0.3, 0.4) is 0 Å². The van der Waals surface area contributed by atoms with Gasteiger partial charge in [0.05, 0.1) is 10.6 Å². The molecule has 0 bridgehead atoms. The van der Waals surface area contributed by atoms with Crippen LogP contribution >= 0.6 is 0 Å². The lowest BCUT2D eigenvalue weighted by molar-refractivity contribution is -0.152. The zero-order valence-electron chi connectivity index (χ0n) is 10.8. The fourth-order valence-corrected chi connectivity index (χ4v) is 3.70. The lowest BCUT2D eigenvalue weighted by atomic mass is 9.72. The highest BCUT2D eigenvalue weighted by Crippen LogP contribution is 2.52. The molecule has 2 atom stereocenters. The predicted molar refractivity (Wildman–Crippen MR) is 68.3 cm³/mol. The van der Waals surface area contributed by atoms with Gasteiger partial charge in [-0.05, 0) is 24.1 Å². The topological polar surface area (TPSA) is 37.4 Å². The first-order valence-electron chi connectivity index (χ1n) is 6.31. The van der Waals surface area contributed by atoms with Gasteiger partial charge in [-0.1, -0.05) is 0 Å². The van der Waals surface area contributed by atoms with Gasteiger partial charge in [0.2, 0.25) is 0 Å². The van der Waals surface area contributed by atoms with Gasteiger partial charge in [0.1, 0.15) is 5.82 Å². The molecule has 20 heavy (non-hydrogen) atoms. The molecule has 2 unspecified atom stereocenters. The van der Waals surface area contributed by atoms with Crippen LogP contribution in [0.25, 0.3) is 0 Å². The van der Waals surface area contributed by atoms with Crippen LogP contribution in [0, 0.1) is 17.7 Å². The second-order valence-electron chi connectivity index (χ2n) is 5.62. The maximum atomic E-state index is 14.0. The molecule has 1 aromatic rings. The molecular formula is C13H14F3NO2S. The van der Waals surface area contributed by atoms with Crippen molar-refractivity contribution >= 4 is 15.5 Å². The van der Waals surface area contributed by atoms with Crippen LogP contribution in [0.5, 0.6) is 0 Å². The molecule has 0 amide bonds. The van der Waals surface area contributed by atoms with E-state index in [1.165, 1.54) is 12.1 Å². The minimum Gasteiger partial charge on any atom is -0.368 e. The van der Waals surface area contributed by atoms with E-state index in [1.54, 1.807) is 4.90 Å². The minimum absolute atomic E-state index is 0.0982. The zero-order chi connectivity index (χ0) is 14.7. The molecule has 1 saturated heterocycles. The molecule has 3 nitrogen and oxygen atoms in total. The summed E-state index contributed by atoms with van der Waals surface area (Å²) >= 11 is 0. The van der Waals surface area contributed by atoms with Crippen molar-refractivity contribution in [3.63, 3.8) is 0 Å². The minimum atomic E-state index is -3.47. The van der Waals surface area contributed by atoms with E-state index in [-0.39, 0.29) is 29.5 Å². The van der Waals surface area contributed by atoms with Crippen molar-refractivity contribution in [2.45, 2.75) is 17.2 Å². The summed E-state index contributed by atoms with van der Waals surface area (Å²) in [6.45, 7) is 0.516. The summed E-state index contributed by atoms with van der Waals surface area (Å²) < 4.78 is 63.3. The van der Waals surface area contributed by atoms with E-state index in [9.17, 15) is 21.6 Å². The molecule has 1 aliphatic carbocycles. The van der Waals surface area contributed by atoms with Crippen molar-refractivity contribution in [2.24, 2.45) is 11.8 Å². The summed E-state index contributed by atoms with van der Waals surface area (Å²) in [4.78, 5) is 1.48. The quantitative estimate of drug-likeness (QED) is 0.841. The van der Waals surface area contributed by atoms with Crippen molar-refractivity contribution < 1.29 is 21.6 Å².